The van der Waals surface area contributed by atoms with Crippen LogP contribution in [0.25, 0.3) is 0 Å². The molecule has 0 spiro atoms. The minimum absolute atomic E-state index is 0.183. The highest BCUT2D eigenvalue weighted by Gasteiger charge is 2.32. The van der Waals surface area contributed by atoms with E-state index in [1.807, 2.05) is 31.2 Å². The maximum absolute atomic E-state index is 12.8. The molecule has 6 heteroatoms. The van der Waals surface area contributed by atoms with Crippen molar-refractivity contribution in [2.45, 2.75) is 37.9 Å². The second-order valence-electron chi connectivity index (χ2n) is 6.95. The molecule has 0 aromatic heterocycles. The molecule has 1 fully saturated rings. The molecule has 3 nitrogen and oxygen atoms in total. The topological polar surface area (TPSA) is 38.5 Å². The quantitative estimate of drug-likeness (QED) is 0.738. The van der Waals surface area contributed by atoms with E-state index in [2.05, 4.69) is 4.90 Å². The molecular formula is C21H25F3N2O. The number of halogens is 3. The predicted octanol–water partition coefficient (Wildman–Crippen LogP) is 5.08. The van der Waals surface area contributed by atoms with Gasteiger partial charge in [-0.15, -0.1) is 0 Å². The van der Waals surface area contributed by atoms with Crippen LogP contribution in [0.3, 0.4) is 0 Å². The van der Waals surface area contributed by atoms with Gasteiger partial charge in [0.2, 0.25) is 0 Å². The molecule has 0 bridgehead atoms. The molecule has 0 radical (unpaired) electrons. The number of hydrogen-bond donors (Lipinski definition) is 1. The first-order valence-corrected chi connectivity index (χ1v) is 9.25. The first kappa shape index (κ1) is 19.5. The average Bonchev–Trinajstić information content (AvgIpc) is 2.66. The van der Waals surface area contributed by atoms with Gasteiger partial charge in [-0.25, -0.2) is 0 Å². The van der Waals surface area contributed by atoms with Gasteiger partial charge in [0.05, 0.1) is 18.2 Å². The van der Waals surface area contributed by atoms with Gasteiger partial charge in [-0.1, -0.05) is 12.1 Å². The van der Waals surface area contributed by atoms with E-state index in [1.54, 1.807) is 12.1 Å². The van der Waals surface area contributed by atoms with E-state index in [4.69, 9.17) is 10.5 Å². The summed E-state index contributed by atoms with van der Waals surface area (Å²) in [5.41, 5.74) is 7.91. The second kappa shape index (κ2) is 8.21. The Balaban J connectivity index is 1.80. The summed E-state index contributed by atoms with van der Waals surface area (Å²) in [5.74, 6) is 0.183. The SMILES string of the molecule is CCOC[C@@H]1CCC(c2ccc(C(F)(F)F)cc2)CN1c1ccc(N)cc1. The van der Waals surface area contributed by atoms with Crippen molar-refractivity contribution in [3.63, 3.8) is 0 Å². The van der Waals surface area contributed by atoms with Crippen LogP contribution in [0.4, 0.5) is 24.5 Å². The van der Waals surface area contributed by atoms with Crippen molar-refractivity contribution in [1.82, 2.24) is 0 Å². The van der Waals surface area contributed by atoms with Crippen molar-refractivity contribution in [1.29, 1.82) is 0 Å². The molecule has 2 aromatic rings. The minimum Gasteiger partial charge on any atom is -0.399 e. The molecule has 1 unspecified atom stereocenters. The number of anilines is 2. The molecule has 1 saturated heterocycles. The molecule has 0 aliphatic carbocycles. The first-order valence-electron chi connectivity index (χ1n) is 9.25. The summed E-state index contributed by atoms with van der Waals surface area (Å²) < 4.78 is 44.1. The fraction of sp³-hybridized carbons (Fsp3) is 0.429. The number of nitrogens with two attached hydrogens (primary N) is 1. The number of alkyl halides is 3. The number of nitrogen functional groups attached to an aromatic ring is 1. The number of benzene rings is 2. The summed E-state index contributed by atoms with van der Waals surface area (Å²) in [7, 11) is 0. The van der Waals surface area contributed by atoms with E-state index < -0.39 is 11.7 Å². The third-order valence-electron chi connectivity index (χ3n) is 5.15. The summed E-state index contributed by atoms with van der Waals surface area (Å²) in [4.78, 5) is 2.29. The minimum atomic E-state index is -4.30. The molecule has 1 heterocycles. The van der Waals surface area contributed by atoms with E-state index >= 15 is 0 Å². The maximum Gasteiger partial charge on any atom is 0.416 e. The monoisotopic (exact) mass is 378 g/mol. The number of hydrogen-bond acceptors (Lipinski definition) is 3. The third-order valence-corrected chi connectivity index (χ3v) is 5.15. The second-order valence-corrected chi connectivity index (χ2v) is 6.95. The Hall–Kier alpha value is -2.21. The molecule has 146 valence electrons. The lowest BCUT2D eigenvalue weighted by Crippen LogP contribution is -2.45. The summed E-state index contributed by atoms with van der Waals surface area (Å²) in [6, 6.07) is 13.5. The molecule has 0 amide bonds. The highest BCUT2D eigenvalue weighted by atomic mass is 19.4. The molecule has 1 aliphatic heterocycles. The molecule has 1 aliphatic rings. The van der Waals surface area contributed by atoms with Crippen molar-refractivity contribution in [3.8, 4) is 0 Å². The first-order chi connectivity index (χ1) is 12.9. The van der Waals surface area contributed by atoms with Gasteiger partial charge in [-0.05, 0) is 61.7 Å². The van der Waals surface area contributed by atoms with Crippen LogP contribution >= 0.6 is 0 Å². The Labute approximate surface area is 157 Å². The van der Waals surface area contributed by atoms with E-state index in [1.165, 1.54) is 12.1 Å². The van der Waals surface area contributed by atoms with Gasteiger partial charge in [0.15, 0.2) is 0 Å². The van der Waals surface area contributed by atoms with Crippen molar-refractivity contribution in [2.75, 3.05) is 30.4 Å². The maximum atomic E-state index is 12.8. The predicted molar refractivity (Wildman–Crippen MR) is 102 cm³/mol. The van der Waals surface area contributed by atoms with Crippen LogP contribution in [0.2, 0.25) is 0 Å². The largest absolute Gasteiger partial charge is 0.416 e. The van der Waals surface area contributed by atoms with Crippen LogP contribution < -0.4 is 10.6 Å². The van der Waals surface area contributed by atoms with Gasteiger partial charge in [-0.3, -0.25) is 0 Å². The van der Waals surface area contributed by atoms with E-state index in [0.29, 0.717) is 18.9 Å². The molecule has 2 N–H and O–H groups in total. The summed E-state index contributed by atoms with van der Waals surface area (Å²) in [6.45, 7) is 4.02. The lowest BCUT2D eigenvalue weighted by molar-refractivity contribution is -0.137. The van der Waals surface area contributed by atoms with Crippen LogP contribution in [-0.4, -0.2) is 25.8 Å². The fourth-order valence-electron chi connectivity index (χ4n) is 3.65. The molecule has 27 heavy (non-hydrogen) atoms. The van der Waals surface area contributed by atoms with E-state index in [9.17, 15) is 13.2 Å². The Morgan fingerprint density at radius 1 is 1.04 bits per heavy atom. The van der Waals surface area contributed by atoms with Crippen LogP contribution in [0.15, 0.2) is 48.5 Å². The lowest BCUT2D eigenvalue weighted by atomic mass is 9.86. The zero-order valence-corrected chi connectivity index (χ0v) is 15.4. The normalized spacial score (nSPS) is 20.7. The van der Waals surface area contributed by atoms with Gasteiger partial charge < -0.3 is 15.4 Å². The van der Waals surface area contributed by atoms with Crippen LogP contribution in [0.5, 0.6) is 0 Å². The van der Waals surface area contributed by atoms with Crippen molar-refractivity contribution < 1.29 is 17.9 Å². The lowest BCUT2D eigenvalue weighted by Gasteiger charge is -2.41. The smallest absolute Gasteiger partial charge is 0.399 e. The number of rotatable bonds is 5. The molecule has 0 saturated carbocycles. The molecule has 3 rings (SSSR count). The number of nitrogens with zero attached hydrogens (tertiary/aromatic N) is 1. The zero-order valence-electron chi connectivity index (χ0n) is 15.4. The highest BCUT2D eigenvalue weighted by Crippen LogP contribution is 2.35. The van der Waals surface area contributed by atoms with Gasteiger partial charge in [0.1, 0.15) is 0 Å². The standard InChI is InChI=1S/C21H25F3N2O/c1-2-27-14-20-10-5-16(13-26(20)19-11-8-18(25)9-12-19)15-3-6-17(7-4-15)21(22,23)24/h3-4,6-9,11-12,16,20H,2,5,10,13-14,25H2,1H3/t16?,20-/m0/s1. The fourth-order valence-corrected chi connectivity index (χ4v) is 3.65. The Morgan fingerprint density at radius 2 is 1.70 bits per heavy atom. The van der Waals surface area contributed by atoms with Crippen molar-refractivity contribution in [3.05, 3.63) is 59.7 Å². The number of piperidine rings is 1. The highest BCUT2D eigenvalue weighted by molar-refractivity contribution is 5.54. The van der Waals surface area contributed by atoms with Crippen LogP contribution in [0, 0.1) is 0 Å². The Bertz CT molecular complexity index is 729. The molecule has 2 aromatic carbocycles. The average molecular weight is 378 g/mol. The van der Waals surface area contributed by atoms with Gasteiger partial charge in [-0.2, -0.15) is 13.2 Å². The van der Waals surface area contributed by atoms with Crippen molar-refractivity contribution >= 4 is 11.4 Å². The van der Waals surface area contributed by atoms with Gasteiger partial charge in [0, 0.05) is 30.4 Å². The van der Waals surface area contributed by atoms with Gasteiger partial charge in [0.25, 0.3) is 0 Å². The number of ether oxygens (including phenoxy) is 1. The van der Waals surface area contributed by atoms with E-state index in [-0.39, 0.29) is 12.0 Å². The Kier molecular flexibility index (Phi) is 5.95. The third kappa shape index (κ3) is 4.75. The molecule has 2 atom stereocenters. The van der Waals surface area contributed by atoms with Gasteiger partial charge >= 0.3 is 6.18 Å². The van der Waals surface area contributed by atoms with Crippen LogP contribution in [-0.2, 0) is 10.9 Å². The van der Waals surface area contributed by atoms with Crippen molar-refractivity contribution in [2.24, 2.45) is 0 Å². The zero-order chi connectivity index (χ0) is 19.4. The summed E-state index contributed by atoms with van der Waals surface area (Å²) in [5, 5.41) is 0. The molecular weight excluding hydrogens is 353 g/mol. The van der Waals surface area contributed by atoms with Crippen LogP contribution in [0.1, 0.15) is 36.8 Å². The summed E-state index contributed by atoms with van der Waals surface area (Å²) >= 11 is 0. The Morgan fingerprint density at radius 3 is 2.30 bits per heavy atom. The summed E-state index contributed by atoms with van der Waals surface area (Å²) in [6.07, 6.45) is -2.45. The van der Waals surface area contributed by atoms with E-state index in [0.717, 1.165) is 30.6 Å².